The van der Waals surface area contributed by atoms with Crippen LogP contribution in [0.15, 0.2) is 12.1 Å². The second-order valence-corrected chi connectivity index (χ2v) is 5.38. The third-order valence-corrected chi connectivity index (χ3v) is 3.98. The molecule has 2 atom stereocenters. The Kier molecular flexibility index (Phi) is 5.22. The van der Waals surface area contributed by atoms with Crippen LogP contribution < -0.4 is 5.32 Å². The normalized spacial score (nSPS) is 22.7. The molecule has 0 aliphatic heterocycles. The quantitative estimate of drug-likeness (QED) is 0.666. The lowest BCUT2D eigenvalue weighted by molar-refractivity contribution is 0.0890. The molecule has 1 aromatic rings. The molecule has 0 spiro atoms. The minimum atomic E-state index is -1.48. The van der Waals surface area contributed by atoms with E-state index >= 15 is 0 Å². The van der Waals surface area contributed by atoms with Crippen LogP contribution in [-0.2, 0) is 0 Å². The SMILES string of the molecule is O=C(N[C@H]1CCCCC[C@H]1CO)c1c(F)ccc(F)c1F. The average molecular weight is 301 g/mol. The van der Waals surface area contributed by atoms with Crippen molar-refractivity contribution in [2.45, 2.75) is 38.1 Å². The fraction of sp³-hybridized carbons (Fsp3) is 0.533. The van der Waals surface area contributed by atoms with Crippen molar-refractivity contribution in [3.8, 4) is 0 Å². The highest BCUT2D eigenvalue weighted by atomic mass is 19.2. The van der Waals surface area contributed by atoms with Gasteiger partial charge in [-0.15, -0.1) is 0 Å². The maximum Gasteiger partial charge on any atom is 0.257 e. The number of hydrogen-bond acceptors (Lipinski definition) is 2. The number of aliphatic hydroxyl groups excluding tert-OH is 1. The van der Waals surface area contributed by atoms with Crippen LogP contribution in [0.3, 0.4) is 0 Å². The van der Waals surface area contributed by atoms with E-state index < -0.39 is 28.9 Å². The van der Waals surface area contributed by atoms with E-state index in [0.717, 1.165) is 31.7 Å². The zero-order chi connectivity index (χ0) is 15.4. The highest BCUT2D eigenvalue weighted by molar-refractivity contribution is 5.95. The highest BCUT2D eigenvalue weighted by Crippen LogP contribution is 2.24. The van der Waals surface area contributed by atoms with Gasteiger partial charge >= 0.3 is 0 Å². The largest absolute Gasteiger partial charge is 0.396 e. The maximum absolute atomic E-state index is 13.6. The van der Waals surface area contributed by atoms with Gasteiger partial charge in [-0.3, -0.25) is 4.79 Å². The van der Waals surface area contributed by atoms with Crippen LogP contribution in [0.25, 0.3) is 0 Å². The molecular formula is C15H18F3NO2. The molecule has 0 heterocycles. The van der Waals surface area contributed by atoms with Gasteiger partial charge in [-0.05, 0) is 25.0 Å². The Morgan fingerprint density at radius 3 is 2.52 bits per heavy atom. The number of nitrogens with one attached hydrogen (secondary N) is 1. The van der Waals surface area contributed by atoms with Gasteiger partial charge in [0.2, 0.25) is 0 Å². The molecule has 0 unspecified atom stereocenters. The first kappa shape index (κ1) is 15.8. The predicted octanol–water partition coefficient (Wildman–Crippen LogP) is 2.77. The van der Waals surface area contributed by atoms with Crippen molar-refractivity contribution in [2.75, 3.05) is 6.61 Å². The molecular weight excluding hydrogens is 283 g/mol. The lowest BCUT2D eigenvalue weighted by Gasteiger charge is -2.24. The molecule has 1 aliphatic rings. The topological polar surface area (TPSA) is 49.3 Å². The van der Waals surface area contributed by atoms with Crippen LogP contribution in [-0.4, -0.2) is 23.7 Å². The van der Waals surface area contributed by atoms with Gasteiger partial charge in [0.05, 0.1) is 0 Å². The molecule has 1 aromatic carbocycles. The van der Waals surface area contributed by atoms with Gasteiger partial charge in [-0.1, -0.05) is 19.3 Å². The van der Waals surface area contributed by atoms with Crippen LogP contribution in [0.4, 0.5) is 13.2 Å². The first-order valence-electron chi connectivity index (χ1n) is 7.09. The number of aliphatic hydroxyl groups is 1. The maximum atomic E-state index is 13.6. The molecule has 6 heteroatoms. The van der Waals surface area contributed by atoms with E-state index in [1.165, 1.54) is 0 Å². The number of carbonyl (C=O) groups excluding carboxylic acids is 1. The van der Waals surface area contributed by atoms with E-state index in [4.69, 9.17) is 0 Å². The van der Waals surface area contributed by atoms with Gasteiger partial charge in [-0.25, -0.2) is 13.2 Å². The summed E-state index contributed by atoms with van der Waals surface area (Å²) in [6.45, 7) is -0.0982. The van der Waals surface area contributed by atoms with Gasteiger partial charge in [0, 0.05) is 18.6 Å². The van der Waals surface area contributed by atoms with E-state index in [0.29, 0.717) is 12.5 Å². The molecule has 2 N–H and O–H groups in total. The molecule has 0 aromatic heterocycles. The third-order valence-electron chi connectivity index (χ3n) is 3.98. The number of amides is 1. The molecule has 0 bridgehead atoms. The van der Waals surface area contributed by atoms with Gasteiger partial charge in [0.1, 0.15) is 11.4 Å². The van der Waals surface area contributed by atoms with E-state index in [2.05, 4.69) is 5.32 Å². The van der Waals surface area contributed by atoms with Crippen molar-refractivity contribution in [1.29, 1.82) is 0 Å². The van der Waals surface area contributed by atoms with E-state index in [1.54, 1.807) is 0 Å². The second kappa shape index (κ2) is 6.93. The van der Waals surface area contributed by atoms with Crippen molar-refractivity contribution in [1.82, 2.24) is 5.32 Å². The first-order chi connectivity index (χ1) is 10.0. The zero-order valence-corrected chi connectivity index (χ0v) is 11.5. The minimum Gasteiger partial charge on any atom is -0.396 e. The lowest BCUT2D eigenvalue weighted by Crippen LogP contribution is -2.41. The van der Waals surface area contributed by atoms with Crippen molar-refractivity contribution in [2.24, 2.45) is 5.92 Å². The number of halogens is 3. The van der Waals surface area contributed by atoms with Crippen LogP contribution in [0, 0.1) is 23.4 Å². The Labute approximate surface area is 121 Å². The van der Waals surface area contributed by atoms with Crippen molar-refractivity contribution >= 4 is 5.91 Å². The molecule has 116 valence electrons. The Bertz CT molecular complexity index is 522. The lowest BCUT2D eigenvalue weighted by atomic mass is 9.95. The molecule has 1 aliphatic carbocycles. The van der Waals surface area contributed by atoms with Gasteiger partial charge in [0.15, 0.2) is 11.6 Å². The van der Waals surface area contributed by atoms with E-state index in [-0.39, 0.29) is 18.6 Å². The summed E-state index contributed by atoms with van der Waals surface area (Å²) < 4.78 is 40.3. The van der Waals surface area contributed by atoms with Crippen molar-refractivity contribution < 1.29 is 23.1 Å². The zero-order valence-electron chi connectivity index (χ0n) is 11.5. The first-order valence-corrected chi connectivity index (χ1v) is 7.09. The molecule has 21 heavy (non-hydrogen) atoms. The summed E-state index contributed by atoms with van der Waals surface area (Å²) in [7, 11) is 0. The molecule has 2 rings (SSSR count). The summed E-state index contributed by atoms with van der Waals surface area (Å²) >= 11 is 0. The molecule has 3 nitrogen and oxygen atoms in total. The Balaban J connectivity index is 2.19. The molecule has 1 amide bonds. The number of carbonyl (C=O) groups is 1. The number of hydrogen-bond donors (Lipinski definition) is 2. The van der Waals surface area contributed by atoms with Gasteiger partial charge in [0.25, 0.3) is 5.91 Å². The minimum absolute atomic E-state index is 0.0982. The standard InChI is InChI=1S/C15H18F3NO2/c16-10-6-7-11(17)14(18)13(10)15(21)19-12-5-3-1-2-4-9(12)8-20/h6-7,9,12,20H,1-5,8H2,(H,19,21)/t9-,12-/m0/s1. The summed E-state index contributed by atoms with van der Waals surface area (Å²) in [4.78, 5) is 12.0. The molecule has 1 fully saturated rings. The predicted molar refractivity (Wildman–Crippen MR) is 71.2 cm³/mol. The summed E-state index contributed by atoms with van der Waals surface area (Å²) in [6.07, 6.45) is 4.19. The van der Waals surface area contributed by atoms with Gasteiger partial charge in [-0.2, -0.15) is 0 Å². The second-order valence-electron chi connectivity index (χ2n) is 5.38. The smallest absolute Gasteiger partial charge is 0.257 e. The molecule has 0 radical (unpaired) electrons. The summed E-state index contributed by atoms with van der Waals surface area (Å²) in [5.74, 6) is -4.96. The van der Waals surface area contributed by atoms with E-state index in [1.807, 2.05) is 0 Å². The van der Waals surface area contributed by atoms with Gasteiger partial charge < -0.3 is 10.4 Å². The summed E-state index contributed by atoms with van der Waals surface area (Å²) in [5.41, 5.74) is -0.907. The Hall–Kier alpha value is -1.56. The molecule has 0 saturated heterocycles. The number of benzene rings is 1. The van der Waals surface area contributed by atoms with Crippen molar-refractivity contribution in [3.63, 3.8) is 0 Å². The van der Waals surface area contributed by atoms with Crippen LogP contribution in [0.5, 0.6) is 0 Å². The van der Waals surface area contributed by atoms with Crippen LogP contribution in [0.2, 0.25) is 0 Å². The molecule has 1 saturated carbocycles. The summed E-state index contributed by atoms with van der Waals surface area (Å²) in [6, 6.07) is 1.01. The Morgan fingerprint density at radius 1 is 1.14 bits per heavy atom. The third kappa shape index (κ3) is 3.56. The average Bonchev–Trinajstić information content (AvgIpc) is 2.68. The summed E-state index contributed by atoms with van der Waals surface area (Å²) in [5, 5.41) is 11.9. The van der Waals surface area contributed by atoms with Crippen molar-refractivity contribution in [3.05, 3.63) is 35.1 Å². The monoisotopic (exact) mass is 301 g/mol. The van der Waals surface area contributed by atoms with E-state index in [9.17, 15) is 23.1 Å². The Morgan fingerprint density at radius 2 is 1.81 bits per heavy atom. The number of rotatable bonds is 3. The fourth-order valence-corrected chi connectivity index (χ4v) is 2.77. The van der Waals surface area contributed by atoms with Crippen LogP contribution >= 0.6 is 0 Å². The van der Waals surface area contributed by atoms with Crippen LogP contribution in [0.1, 0.15) is 42.5 Å². The highest BCUT2D eigenvalue weighted by Gasteiger charge is 2.28. The fourth-order valence-electron chi connectivity index (χ4n) is 2.77.